The van der Waals surface area contributed by atoms with Gasteiger partial charge in [-0.05, 0) is 68.1 Å². The number of carbonyl (C=O) groups is 1. The lowest BCUT2D eigenvalue weighted by molar-refractivity contribution is 0.261. The molecule has 168 valence electrons. The summed E-state index contributed by atoms with van der Waals surface area (Å²) in [5, 5.41) is 4.13. The van der Waals surface area contributed by atoms with Crippen LogP contribution in [0.2, 0.25) is 0 Å². The maximum atomic E-state index is 11.4. The predicted octanol–water partition coefficient (Wildman–Crippen LogP) is 4.47. The number of aryl methyl sites for hydroxylation is 1. The van der Waals surface area contributed by atoms with Crippen molar-refractivity contribution >= 4 is 34.2 Å². The summed E-state index contributed by atoms with van der Waals surface area (Å²) in [6, 6.07) is 12.5. The van der Waals surface area contributed by atoms with Gasteiger partial charge in [-0.3, -0.25) is 9.79 Å². The van der Waals surface area contributed by atoms with Crippen molar-refractivity contribution in [3.8, 4) is 11.5 Å². The van der Waals surface area contributed by atoms with Gasteiger partial charge in [0.2, 0.25) is 0 Å². The van der Waals surface area contributed by atoms with Crippen LogP contribution in [0, 0.1) is 0 Å². The Labute approximate surface area is 192 Å². The molecule has 0 atom stereocenters. The van der Waals surface area contributed by atoms with E-state index in [0.717, 1.165) is 47.7 Å². The van der Waals surface area contributed by atoms with E-state index in [0.29, 0.717) is 17.3 Å². The van der Waals surface area contributed by atoms with Crippen molar-refractivity contribution in [2.75, 3.05) is 31.4 Å². The Morgan fingerprint density at radius 2 is 1.97 bits per heavy atom. The van der Waals surface area contributed by atoms with Crippen molar-refractivity contribution in [3.05, 3.63) is 53.1 Å². The summed E-state index contributed by atoms with van der Waals surface area (Å²) in [6.45, 7) is 5.06. The fraction of sp³-hybridized carbons (Fsp3) is 0.375. The number of anilines is 1. The van der Waals surface area contributed by atoms with Gasteiger partial charge in [-0.2, -0.15) is 5.10 Å². The predicted molar refractivity (Wildman–Crippen MR) is 131 cm³/mol. The number of ether oxygens (including phenoxy) is 2. The third-order valence-electron chi connectivity index (χ3n) is 5.43. The van der Waals surface area contributed by atoms with Gasteiger partial charge in [-0.15, -0.1) is 0 Å². The van der Waals surface area contributed by atoms with Gasteiger partial charge in [0.15, 0.2) is 11.5 Å². The summed E-state index contributed by atoms with van der Waals surface area (Å²) in [5.74, 6) is 2.89. The highest BCUT2D eigenvalue weighted by Gasteiger charge is 2.25. The number of hydrogen-bond donors (Lipinski definition) is 1. The zero-order valence-corrected chi connectivity index (χ0v) is 19.7. The second-order valence-corrected chi connectivity index (χ2v) is 8.91. The van der Waals surface area contributed by atoms with Crippen LogP contribution in [0.15, 0.2) is 46.5 Å². The molecule has 1 amide bonds. The van der Waals surface area contributed by atoms with E-state index in [1.807, 2.05) is 18.2 Å². The van der Waals surface area contributed by atoms with E-state index in [4.69, 9.17) is 14.5 Å². The third kappa shape index (κ3) is 4.60. The molecule has 0 fully saturated rings. The molecule has 0 saturated carbocycles. The van der Waals surface area contributed by atoms with Crippen LogP contribution in [0.3, 0.4) is 0 Å². The number of nitrogens with zero attached hydrogens (tertiary/aromatic N) is 3. The number of aliphatic imine (C=N–C) groups is 1. The Kier molecular flexibility index (Phi) is 6.69. The lowest BCUT2D eigenvalue weighted by Gasteiger charge is -2.33. The van der Waals surface area contributed by atoms with Gasteiger partial charge in [0.25, 0.3) is 5.24 Å². The van der Waals surface area contributed by atoms with Crippen molar-refractivity contribution in [3.63, 3.8) is 0 Å². The summed E-state index contributed by atoms with van der Waals surface area (Å²) in [5.41, 5.74) is 7.91. The zero-order valence-electron chi connectivity index (χ0n) is 18.8. The van der Waals surface area contributed by atoms with Crippen molar-refractivity contribution in [2.45, 2.75) is 32.7 Å². The third-order valence-corrected chi connectivity index (χ3v) is 6.20. The molecular weight excluding hydrogens is 424 g/mol. The average Bonchev–Trinajstić information content (AvgIpc) is 2.81. The number of hydrogen-bond acceptors (Lipinski definition) is 6. The summed E-state index contributed by atoms with van der Waals surface area (Å²) in [7, 11) is 3.28. The highest BCUT2D eigenvalue weighted by Crippen LogP contribution is 2.33. The number of rotatable bonds is 5. The van der Waals surface area contributed by atoms with E-state index >= 15 is 0 Å². The Morgan fingerprint density at radius 1 is 1.16 bits per heavy atom. The molecule has 0 aliphatic carbocycles. The van der Waals surface area contributed by atoms with Crippen LogP contribution >= 0.6 is 11.8 Å². The minimum absolute atomic E-state index is 0.109. The molecule has 1 N–H and O–H groups in total. The molecular formula is C24H28N4O3S. The zero-order chi connectivity index (χ0) is 22.7. The molecule has 0 saturated heterocycles. The minimum atomic E-state index is -0.109. The molecule has 2 aliphatic heterocycles. The maximum absolute atomic E-state index is 11.4. The van der Waals surface area contributed by atoms with Crippen LogP contribution in [0.4, 0.5) is 10.5 Å². The molecule has 32 heavy (non-hydrogen) atoms. The lowest BCUT2D eigenvalue weighted by atomic mass is 9.97. The molecule has 0 bridgehead atoms. The standard InChI is InChI=1S/C24H28N4O3S/c1-15(2)25-23(18-8-10-21(30-3)22(13-18)31-4)28-11-5-6-17-12-16(7-9-20(17)28)19-14-32-24(29)27-26-19/h7-10,12-13,15H,5-6,11,14H2,1-4H3,(H,27,29)/b25-23-. The number of hydrazone groups is 1. The Balaban J connectivity index is 1.73. The fourth-order valence-corrected chi connectivity index (χ4v) is 4.59. The van der Waals surface area contributed by atoms with Gasteiger partial charge >= 0.3 is 0 Å². The maximum Gasteiger partial charge on any atom is 0.299 e. The summed E-state index contributed by atoms with van der Waals surface area (Å²) < 4.78 is 10.9. The summed E-state index contributed by atoms with van der Waals surface area (Å²) in [6.07, 6.45) is 2.02. The first-order chi connectivity index (χ1) is 15.5. The van der Waals surface area contributed by atoms with E-state index in [2.05, 4.69) is 47.5 Å². The molecule has 0 aromatic heterocycles. The molecule has 2 aromatic carbocycles. The van der Waals surface area contributed by atoms with Crippen LogP contribution in [0.1, 0.15) is 37.0 Å². The Bertz CT molecular complexity index is 1080. The molecule has 0 spiro atoms. The van der Waals surface area contributed by atoms with Crippen molar-refractivity contribution in [1.29, 1.82) is 0 Å². The Morgan fingerprint density at radius 3 is 2.66 bits per heavy atom. The van der Waals surface area contributed by atoms with E-state index in [1.165, 1.54) is 17.3 Å². The number of amides is 1. The topological polar surface area (TPSA) is 75.5 Å². The summed E-state index contributed by atoms with van der Waals surface area (Å²) in [4.78, 5) is 18.7. The quantitative estimate of drug-likeness (QED) is 0.535. The first-order valence-corrected chi connectivity index (χ1v) is 11.7. The first-order valence-electron chi connectivity index (χ1n) is 10.7. The smallest absolute Gasteiger partial charge is 0.299 e. The van der Waals surface area contributed by atoms with Gasteiger partial charge in [0, 0.05) is 29.6 Å². The van der Waals surface area contributed by atoms with E-state index in [9.17, 15) is 4.79 Å². The highest BCUT2D eigenvalue weighted by atomic mass is 32.2. The molecule has 0 unspecified atom stereocenters. The minimum Gasteiger partial charge on any atom is -0.493 e. The van der Waals surface area contributed by atoms with Crippen molar-refractivity contribution < 1.29 is 14.3 Å². The van der Waals surface area contributed by atoms with Crippen LogP contribution in [0.5, 0.6) is 11.5 Å². The first kappa shape index (κ1) is 22.2. The number of nitrogens with one attached hydrogen (secondary N) is 1. The molecule has 4 rings (SSSR count). The lowest BCUT2D eigenvalue weighted by Crippen LogP contribution is -2.37. The highest BCUT2D eigenvalue weighted by molar-refractivity contribution is 8.14. The van der Waals surface area contributed by atoms with E-state index < -0.39 is 0 Å². The number of benzene rings is 2. The molecule has 2 aromatic rings. The second kappa shape index (κ2) is 9.65. The summed E-state index contributed by atoms with van der Waals surface area (Å²) >= 11 is 1.24. The van der Waals surface area contributed by atoms with Gasteiger partial charge < -0.3 is 14.4 Å². The van der Waals surface area contributed by atoms with Gasteiger partial charge in [0.1, 0.15) is 5.84 Å². The second-order valence-electron chi connectivity index (χ2n) is 7.96. The van der Waals surface area contributed by atoms with Crippen LogP contribution in [-0.2, 0) is 6.42 Å². The number of fused-ring (bicyclic) bond motifs is 1. The van der Waals surface area contributed by atoms with Crippen LogP contribution in [-0.4, -0.2) is 49.3 Å². The molecule has 7 nitrogen and oxygen atoms in total. The van der Waals surface area contributed by atoms with E-state index in [-0.39, 0.29) is 11.3 Å². The van der Waals surface area contributed by atoms with Crippen LogP contribution in [0.25, 0.3) is 0 Å². The SMILES string of the molecule is COc1ccc(/C(=N/C(C)C)N2CCCc3cc(C4=NNC(=O)SC4)ccc32)cc1OC. The molecule has 0 radical (unpaired) electrons. The molecule has 8 heteroatoms. The number of methoxy groups -OCH3 is 2. The molecule has 2 aliphatic rings. The van der Waals surface area contributed by atoms with E-state index in [1.54, 1.807) is 14.2 Å². The molecule has 2 heterocycles. The van der Waals surface area contributed by atoms with Gasteiger partial charge in [0.05, 0.1) is 19.9 Å². The fourth-order valence-electron chi connectivity index (χ4n) is 3.98. The van der Waals surface area contributed by atoms with Crippen molar-refractivity contribution in [1.82, 2.24) is 5.43 Å². The number of thioether (sulfide) groups is 1. The van der Waals surface area contributed by atoms with Crippen LogP contribution < -0.4 is 19.8 Å². The Hall–Kier alpha value is -3.00. The number of amidine groups is 1. The normalized spacial score (nSPS) is 16.4. The largest absolute Gasteiger partial charge is 0.493 e. The van der Waals surface area contributed by atoms with Gasteiger partial charge in [-0.25, -0.2) is 5.43 Å². The van der Waals surface area contributed by atoms with Crippen molar-refractivity contribution in [2.24, 2.45) is 10.1 Å². The van der Waals surface area contributed by atoms with Gasteiger partial charge in [-0.1, -0.05) is 17.8 Å². The monoisotopic (exact) mass is 452 g/mol. The number of carbonyl (C=O) groups excluding carboxylic acids is 1. The average molecular weight is 453 g/mol.